The first kappa shape index (κ1) is 9.51. The maximum Gasteiger partial charge on any atom is 0.173 e. The molecular weight excluding hydrogens is 206 g/mol. The van der Waals surface area contributed by atoms with Crippen LogP contribution in [0, 0.1) is 0 Å². The van der Waals surface area contributed by atoms with Gasteiger partial charge in [0.1, 0.15) is 0 Å². The number of nitrogens with zero attached hydrogens (tertiary/aromatic N) is 1. The molecule has 0 unspecified atom stereocenters. The van der Waals surface area contributed by atoms with Crippen LogP contribution in [-0.4, -0.2) is 31.1 Å². The van der Waals surface area contributed by atoms with Crippen molar-refractivity contribution in [3.8, 4) is 11.5 Å². The number of rotatable bonds is 0. The Balaban J connectivity index is 2.31. The summed E-state index contributed by atoms with van der Waals surface area (Å²) in [5, 5.41) is 9.83. The van der Waals surface area contributed by atoms with Gasteiger partial charge in [0.2, 0.25) is 0 Å². The first-order valence-electron chi connectivity index (χ1n) is 5.44. The maximum atomic E-state index is 11.9. The summed E-state index contributed by atoms with van der Waals surface area (Å²) in [5.41, 5.74) is 2.55. The lowest BCUT2D eigenvalue weighted by Gasteiger charge is -2.23. The molecule has 16 heavy (non-hydrogen) atoms. The average molecular weight is 219 g/mol. The van der Waals surface area contributed by atoms with Gasteiger partial charge in [-0.3, -0.25) is 4.79 Å². The number of ether oxygens (including phenoxy) is 1. The topological polar surface area (TPSA) is 49.8 Å². The molecule has 0 radical (unpaired) electrons. The molecule has 0 bridgehead atoms. The summed E-state index contributed by atoms with van der Waals surface area (Å²) in [6.07, 6.45) is 1.27. The van der Waals surface area contributed by atoms with Crippen LogP contribution in [0.1, 0.15) is 22.3 Å². The number of Topliss-reactive ketones (excluding diaryl/α,β-unsaturated/α-hetero) is 1. The molecule has 2 aliphatic heterocycles. The number of fused-ring (bicyclic) bond motifs is 3. The number of hydrogen-bond acceptors (Lipinski definition) is 4. The molecule has 0 aromatic heterocycles. The molecule has 4 heteroatoms. The molecule has 3 rings (SSSR count). The van der Waals surface area contributed by atoms with E-state index in [1.165, 1.54) is 0 Å². The van der Waals surface area contributed by atoms with E-state index in [0.717, 1.165) is 24.2 Å². The van der Waals surface area contributed by atoms with Crippen molar-refractivity contribution in [2.24, 2.45) is 0 Å². The van der Waals surface area contributed by atoms with E-state index in [0.29, 0.717) is 24.3 Å². The average Bonchev–Trinajstić information content (AvgIpc) is 2.61. The monoisotopic (exact) mass is 219 g/mol. The smallest absolute Gasteiger partial charge is 0.173 e. The lowest BCUT2D eigenvalue weighted by atomic mass is 9.98. The fourth-order valence-corrected chi connectivity index (χ4v) is 2.50. The highest BCUT2D eigenvalue weighted by Gasteiger charge is 2.31. The first-order chi connectivity index (χ1) is 7.68. The Kier molecular flexibility index (Phi) is 1.87. The second-order valence-corrected chi connectivity index (χ2v) is 4.30. The van der Waals surface area contributed by atoms with E-state index in [-0.39, 0.29) is 11.5 Å². The fraction of sp³-hybridized carbons (Fsp3) is 0.417. The van der Waals surface area contributed by atoms with Crippen LogP contribution in [0.5, 0.6) is 11.5 Å². The highest BCUT2D eigenvalue weighted by Crippen LogP contribution is 2.44. The van der Waals surface area contributed by atoms with Crippen molar-refractivity contribution in [3.05, 3.63) is 17.2 Å². The van der Waals surface area contributed by atoms with Gasteiger partial charge in [-0.25, -0.2) is 0 Å². The van der Waals surface area contributed by atoms with Gasteiger partial charge in [0.05, 0.1) is 17.9 Å². The van der Waals surface area contributed by atoms with Gasteiger partial charge in [-0.05, 0) is 18.1 Å². The third-order valence-corrected chi connectivity index (χ3v) is 3.26. The second-order valence-electron chi connectivity index (χ2n) is 4.30. The zero-order chi connectivity index (χ0) is 11.3. The first-order valence-corrected chi connectivity index (χ1v) is 5.44. The predicted octanol–water partition coefficient (Wildman–Crippen LogP) is 1.35. The zero-order valence-electron chi connectivity index (χ0n) is 9.12. The van der Waals surface area contributed by atoms with E-state index in [9.17, 15) is 9.90 Å². The van der Waals surface area contributed by atoms with E-state index in [1.807, 2.05) is 7.05 Å². The summed E-state index contributed by atoms with van der Waals surface area (Å²) >= 11 is 0. The summed E-state index contributed by atoms with van der Waals surface area (Å²) in [6.45, 7) is 1.25. The Labute approximate surface area is 93.4 Å². The fourth-order valence-electron chi connectivity index (χ4n) is 2.50. The number of benzene rings is 1. The number of phenols is 1. The minimum Gasteiger partial charge on any atom is -0.504 e. The minimum atomic E-state index is 0.0714. The molecule has 2 heterocycles. The van der Waals surface area contributed by atoms with Crippen molar-refractivity contribution in [2.75, 3.05) is 25.1 Å². The third kappa shape index (κ3) is 1.13. The third-order valence-electron chi connectivity index (χ3n) is 3.26. The van der Waals surface area contributed by atoms with Gasteiger partial charge in [0.25, 0.3) is 0 Å². The lowest BCUT2D eigenvalue weighted by Crippen LogP contribution is -2.21. The van der Waals surface area contributed by atoms with Crippen molar-refractivity contribution in [1.29, 1.82) is 0 Å². The second kappa shape index (κ2) is 3.14. The number of likely N-dealkylation sites (N-methyl/N-ethyl adjacent to an activating group) is 1. The van der Waals surface area contributed by atoms with E-state index in [1.54, 1.807) is 6.07 Å². The van der Waals surface area contributed by atoms with Crippen LogP contribution >= 0.6 is 0 Å². The van der Waals surface area contributed by atoms with Crippen LogP contribution in [0.25, 0.3) is 0 Å². The standard InChI is InChI=1S/C12H13NO3/c1-13-4-2-7-6-9(15)12-10(11(7)13)8(14)3-5-16-12/h6,15H,2-5H2,1H3. The summed E-state index contributed by atoms with van der Waals surface area (Å²) in [6, 6.07) is 1.72. The number of anilines is 1. The van der Waals surface area contributed by atoms with Gasteiger partial charge in [-0.1, -0.05) is 0 Å². The SMILES string of the molecule is CN1CCc2cc(O)c3c(c21)C(=O)CCO3. The van der Waals surface area contributed by atoms with Gasteiger partial charge < -0.3 is 14.7 Å². The highest BCUT2D eigenvalue weighted by atomic mass is 16.5. The van der Waals surface area contributed by atoms with Crippen molar-refractivity contribution >= 4 is 11.5 Å². The quantitative estimate of drug-likeness (QED) is 0.715. The largest absolute Gasteiger partial charge is 0.504 e. The van der Waals surface area contributed by atoms with Crippen LogP contribution in [0.15, 0.2) is 6.07 Å². The highest BCUT2D eigenvalue weighted by molar-refractivity contribution is 6.06. The summed E-state index contributed by atoms with van der Waals surface area (Å²) in [5.74, 6) is 0.531. The van der Waals surface area contributed by atoms with Crippen LogP contribution in [0.2, 0.25) is 0 Å². The molecular formula is C12H13NO3. The normalized spacial score (nSPS) is 18.1. The Morgan fingerprint density at radius 3 is 3.06 bits per heavy atom. The summed E-state index contributed by atoms with van der Waals surface area (Å²) in [7, 11) is 1.96. The molecule has 2 aliphatic rings. The number of ketones is 1. The maximum absolute atomic E-state index is 11.9. The number of carbonyl (C=O) groups excluding carboxylic acids is 1. The number of hydrogen-bond donors (Lipinski definition) is 1. The molecule has 0 aliphatic carbocycles. The summed E-state index contributed by atoms with van der Waals surface area (Å²) < 4.78 is 5.40. The van der Waals surface area contributed by atoms with Crippen molar-refractivity contribution in [3.63, 3.8) is 0 Å². The molecule has 0 fully saturated rings. The van der Waals surface area contributed by atoms with Crippen molar-refractivity contribution in [2.45, 2.75) is 12.8 Å². The van der Waals surface area contributed by atoms with Crippen LogP contribution in [0.3, 0.4) is 0 Å². The summed E-state index contributed by atoms with van der Waals surface area (Å²) in [4.78, 5) is 14.0. The number of phenolic OH excluding ortho intramolecular Hbond substituents is 1. The van der Waals surface area contributed by atoms with Crippen molar-refractivity contribution in [1.82, 2.24) is 0 Å². The minimum absolute atomic E-state index is 0.0714. The van der Waals surface area contributed by atoms with E-state index in [2.05, 4.69) is 4.90 Å². The molecule has 1 aromatic carbocycles. The Hall–Kier alpha value is -1.71. The predicted molar refractivity (Wildman–Crippen MR) is 59.5 cm³/mol. The van der Waals surface area contributed by atoms with Gasteiger partial charge >= 0.3 is 0 Å². The van der Waals surface area contributed by atoms with Gasteiger partial charge in [0.15, 0.2) is 17.3 Å². The molecule has 0 saturated carbocycles. The molecule has 0 atom stereocenters. The van der Waals surface area contributed by atoms with E-state index in [4.69, 9.17) is 4.74 Å². The molecule has 0 spiro atoms. The van der Waals surface area contributed by atoms with E-state index >= 15 is 0 Å². The Morgan fingerprint density at radius 2 is 2.25 bits per heavy atom. The number of aromatic hydroxyl groups is 1. The number of carbonyl (C=O) groups is 1. The van der Waals surface area contributed by atoms with Crippen LogP contribution in [-0.2, 0) is 6.42 Å². The molecule has 1 N–H and O–H groups in total. The molecule has 4 nitrogen and oxygen atoms in total. The zero-order valence-corrected chi connectivity index (χ0v) is 9.12. The molecule has 1 aromatic rings. The van der Waals surface area contributed by atoms with Crippen molar-refractivity contribution < 1.29 is 14.6 Å². The molecule has 0 saturated heterocycles. The van der Waals surface area contributed by atoms with Gasteiger partial charge in [-0.2, -0.15) is 0 Å². The lowest BCUT2D eigenvalue weighted by molar-refractivity contribution is 0.0931. The van der Waals surface area contributed by atoms with Gasteiger partial charge in [0, 0.05) is 20.0 Å². The van der Waals surface area contributed by atoms with Crippen LogP contribution in [0.4, 0.5) is 5.69 Å². The molecule has 84 valence electrons. The van der Waals surface area contributed by atoms with Crippen LogP contribution < -0.4 is 9.64 Å². The Bertz CT molecular complexity index is 482. The van der Waals surface area contributed by atoms with Gasteiger partial charge in [-0.15, -0.1) is 0 Å². The van der Waals surface area contributed by atoms with E-state index < -0.39 is 0 Å². The molecule has 0 amide bonds. The Morgan fingerprint density at radius 1 is 1.44 bits per heavy atom.